The van der Waals surface area contributed by atoms with E-state index in [1.54, 1.807) is 18.6 Å². The Morgan fingerprint density at radius 2 is 2.17 bits per heavy atom. The first-order valence-corrected chi connectivity index (χ1v) is 5.51. The molecule has 0 amide bonds. The van der Waals surface area contributed by atoms with Crippen LogP contribution in [-0.2, 0) is 6.42 Å². The van der Waals surface area contributed by atoms with Crippen LogP contribution in [0.5, 0.6) is 0 Å². The Balaban J connectivity index is 1.82. The number of rotatable bonds is 3. The average Bonchev–Trinajstić information content (AvgIpc) is 2.98. The first-order chi connectivity index (χ1) is 8.81. The third kappa shape index (κ3) is 2.10. The van der Waals surface area contributed by atoms with Crippen LogP contribution in [-0.4, -0.2) is 10.1 Å². The lowest BCUT2D eigenvalue weighted by atomic mass is 10.1. The van der Waals surface area contributed by atoms with E-state index in [1.165, 1.54) is 0 Å². The van der Waals surface area contributed by atoms with E-state index >= 15 is 0 Å². The highest BCUT2D eigenvalue weighted by Gasteiger charge is 2.10. The maximum Gasteiger partial charge on any atom is 0.231 e. The second kappa shape index (κ2) is 4.37. The van der Waals surface area contributed by atoms with Gasteiger partial charge >= 0.3 is 0 Å². The molecule has 5 nitrogen and oxygen atoms in total. The van der Waals surface area contributed by atoms with Gasteiger partial charge in [-0.1, -0.05) is 17.3 Å². The van der Waals surface area contributed by atoms with E-state index in [0.717, 1.165) is 16.8 Å². The van der Waals surface area contributed by atoms with Gasteiger partial charge in [-0.2, -0.15) is 4.98 Å². The maximum absolute atomic E-state index is 5.72. The summed E-state index contributed by atoms with van der Waals surface area (Å²) in [5.74, 6) is 1.08. The number of nitrogens with zero attached hydrogens (tertiary/aromatic N) is 2. The van der Waals surface area contributed by atoms with Gasteiger partial charge in [0.2, 0.25) is 11.7 Å². The van der Waals surface area contributed by atoms with E-state index in [2.05, 4.69) is 10.1 Å². The smallest absolute Gasteiger partial charge is 0.231 e. The number of furan rings is 1. The molecule has 3 rings (SSSR count). The lowest BCUT2D eigenvalue weighted by Crippen LogP contribution is -1.91. The van der Waals surface area contributed by atoms with Crippen molar-refractivity contribution in [1.29, 1.82) is 0 Å². The fraction of sp³-hybridized carbons (Fsp3) is 0.0769. The molecule has 0 aliphatic heterocycles. The highest BCUT2D eigenvalue weighted by atomic mass is 16.5. The second-order valence-corrected chi connectivity index (χ2v) is 3.95. The zero-order valence-electron chi connectivity index (χ0n) is 9.54. The van der Waals surface area contributed by atoms with E-state index in [1.807, 2.05) is 24.3 Å². The normalized spacial score (nSPS) is 10.7. The molecule has 0 bridgehead atoms. The minimum atomic E-state index is 0.530. The Morgan fingerprint density at radius 1 is 1.22 bits per heavy atom. The van der Waals surface area contributed by atoms with E-state index in [0.29, 0.717) is 18.1 Å². The van der Waals surface area contributed by atoms with Crippen LogP contribution < -0.4 is 5.73 Å². The lowest BCUT2D eigenvalue weighted by molar-refractivity contribution is 0.385. The van der Waals surface area contributed by atoms with Gasteiger partial charge in [-0.05, 0) is 23.8 Å². The van der Waals surface area contributed by atoms with Gasteiger partial charge in [0.25, 0.3) is 0 Å². The molecule has 3 aromatic rings. The third-order valence-electron chi connectivity index (χ3n) is 2.55. The lowest BCUT2D eigenvalue weighted by Gasteiger charge is -1.97. The van der Waals surface area contributed by atoms with E-state index in [-0.39, 0.29) is 0 Å². The Hall–Kier alpha value is -2.56. The molecule has 0 aliphatic carbocycles. The summed E-state index contributed by atoms with van der Waals surface area (Å²) in [5.41, 5.74) is 8.28. The first-order valence-electron chi connectivity index (χ1n) is 5.51. The molecule has 2 N–H and O–H groups in total. The van der Waals surface area contributed by atoms with Crippen molar-refractivity contribution in [1.82, 2.24) is 10.1 Å². The molecule has 2 heterocycles. The molecule has 0 aliphatic rings. The van der Waals surface area contributed by atoms with Gasteiger partial charge in [0.15, 0.2) is 0 Å². The van der Waals surface area contributed by atoms with Crippen molar-refractivity contribution in [2.24, 2.45) is 0 Å². The molecule has 0 unspecified atom stereocenters. The largest absolute Gasteiger partial charge is 0.472 e. The summed E-state index contributed by atoms with van der Waals surface area (Å²) in [4.78, 5) is 4.30. The van der Waals surface area contributed by atoms with Crippen molar-refractivity contribution in [3.8, 4) is 11.4 Å². The molecule has 1 aromatic carbocycles. The van der Waals surface area contributed by atoms with Crippen LogP contribution in [0.3, 0.4) is 0 Å². The van der Waals surface area contributed by atoms with Gasteiger partial charge < -0.3 is 14.7 Å². The summed E-state index contributed by atoms with van der Waals surface area (Å²) in [5, 5.41) is 3.90. The summed E-state index contributed by atoms with van der Waals surface area (Å²) >= 11 is 0. The molecular weight excluding hydrogens is 230 g/mol. The van der Waals surface area contributed by atoms with Crippen LogP contribution in [0.15, 0.2) is 51.8 Å². The second-order valence-electron chi connectivity index (χ2n) is 3.95. The summed E-state index contributed by atoms with van der Waals surface area (Å²) in [6, 6.07) is 9.39. The molecule has 0 saturated carbocycles. The van der Waals surface area contributed by atoms with Crippen molar-refractivity contribution in [3.05, 3.63) is 54.3 Å². The molecule has 0 saturated heterocycles. The molecule has 2 aromatic heterocycles. The molecule has 90 valence electrons. The summed E-state index contributed by atoms with van der Waals surface area (Å²) in [6.07, 6.45) is 3.72. The summed E-state index contributed by atoms with van der Waals surface area (Å²) in [6.45, 7) is 0. The van der Waals surface area contributed by atoms with E-state index in [9.17, 15) is 0 Å². The topological polar surface area (TPSA) is 78.1 Å². The highest BCUT2D eigenvalue weighted by molar-refractivity contribution is 5.51. The first kappa shape index (κ1) is 10.6. The predicted molar refractivity (Wildman–Crippen MR) is 65.7 cm³/mol. The molecule has 0 atom stereocenters. The number of benzene rings is 1. The van der Waals surface area contributed by atoms with Crippen molar-refractivity contribution in [2.45, 2.75) is 6.42 Å². The van der Waals surface area contributed by atoms with Crippen LogP contribution >= 0.6 is 0 Å². The van der Waals surface area contributed by atoms with E-state index in [4.69, 9.17) is 14.7 Å². The number of nitrogens with two attached hydrogens (primary N) is 1. The van der Waals surface area contributed by atoms with Crippen LogP contribution in [0.2, 0.25) is 0 Å². The Kier molecular flexibility index (Phi) is 2.57. The van der Waals surface area contributed by atoms with Gasteiger partial charge in [-0.25, -0.2) is 0 Å². The van der Waals surface area contributed by atoms with E-state index < -0.39 is 0 Å². The minimum Gasteiger partial charge on any atom is -0.472 e. The number of hydrogen-bond acceptors (Lipinski definition) is 5. The predicted octanol–water partition coefficient (Wildman–Crippen LogP) is 2.50. The summed E-state index contributed by atoms with van der Waals surface area (Å²) in [7, 11) is 0. The minimum absolute atomic E-state index is 0.530. The number of nitrogen functional groups attached to an aromatic ring is 1. The number of anilines is 1. The molecular formula is C13H11N3O2. The van der Waals surface area contributed by atoms with Crippen molar-refractivity contribution < 1.29 is 8.94 Å². The fourth-order valence-electron chi connectivity index (χ4n) is 1.71. The zero-order chi connectivity index (χ0) is 12.4. The van der Waals surface area contributed by atoms with Gasteiger partial charge in [0, 0.05) is 5.69 Å². The SMILES string of the molecule is Nc1cccc(Cc2nc(-c3ccoc3)no2)c1. The summed E-state index contributed by atoms with van der Waals surface area (Å²) < 4.78 is 10.2. The highest BCUT2D eigenvalue weighted by Crippen LogP contribution is 2.17. The van der Waals surface area contributed by atoms with Crippen LogP contribution in [0.4, 0.5) is 5.69 Å². The third-order valence-corrected chi connectivity index (χ3v) is 2.55. The van der Waals surface area contributed by atoms with Crippen LogP contribution in [0, 0.1) is 0 Å². The monoisotopic (exact) mass is 241 g/mol. The molecule has 0 spiro atoms. The molecule has 5 heteroatoms. The number of aromatic nitrogens is 2. The quantitative estimate of drug-likeness (QED) is 0.713. The average molecular weight is 241 g/mol. The van der Waals surface area contributed by atoms with Crippen molar-refractivity contribution in [3.63, 3.8) is 0 Å². The zero-order valence-corrected chi connectivity index (χ0v) is 9.54. The van der Waals surface area contributed by atoms with Crippen LogP contribution in [0.25, 0.3) is 11.4 Å². The van der Waals surface area contributed by atoms with Gasteiger partial charge in [-0.3, -0.25) is 0 Å². The van der Waals surface area contributed by atoms with Crippen molar-refractivity contribution in [2.75, 3.05) is 5.73 Å². The van der Waals surface area contributed by atoms with Gasteiger partial charge in [0.05, 0.1) is 18.2 Å². The fourth-order valence-corrected chi connectivity index (χ4v) is 1.71. The van der Waals surface area contributed by atoms with Crippen molar-refractivity contribution >= 4 is 5.69 Å². The maximum atomic E-state index is 5.72. The standard InChI is InChI=1S/C13H11N3O2/c14-11-3-1-2-9(6-11)7-12-15-13(16-18-12)10-4-5-17-8-10/h1-6,8H,7,14H2. The molecule has 18 heavy (non-hydrogen) atoms. The Bertz CT molecular complexity index is 644. The Morgan fingerprint density at radius 3 is 2.94 bits per heavy atom. The van der Waals surface area contributed by atoms with Gasteiger partial charge in [-0.15, -0.1) is 0 Å². The molecule has 0 radical (unpaired) electrons. The molecule has 0 fully saturated rings. The van der Waals surface area contributed by atoms with Gasteiger partial charge in [0.1, 0.15) is 6.26 Å². The number of hydrogen-bond donors (Lipinski definition) is 1. The Labute approximate surface area is 103 Å². The van der Waals surface area contributed by atoms with Crippen LogP contribution in [0.1, 0.15) is 11.5 Å².